The molecule has 0 unspecified atom stereocenters. The lowest BCUT2D eigenvalue weighted by molar-refractivity contribution is -0.141. The fourth-order valence-corrected chi connectivity index (χ4v) is 1.26. The Morgan fingerprint density at radius 3 is 2.05 bits per heavy atom. The fourth-order valence-electron chi connectivity index (χ4n) is 1.26. The molecule has 1 amide bonds. The third kappa shape index (κ3) is 8.29. The Kier molecular flexibility index (Phi) is 9.07. The van der Waals surface area contributed by atoms with Crippen molar-refractivity contribution in [1.82, 2.24) is 5.32 Å². The minimum absolute atomic E-state index is 0.0649. The van der Waals surface area contributed by atoms with Crippen molar-refractivity contribution in [3.8, 4) is 0 Å². The van der Waals surface area contributed by atoms with Crippen molar-refractivity contribution in [2.45, 2.75) is 40.2 Å². The maximum absolute atomic E-state index is 11.4. The highest BCUT2D eigenvalue weighted by molar-refractivity contribution is 5.91. The summed E-state index contributed by atoms with van der Waals surface area (Å²) in [5.74, 6) is -1.20. The maximum Gasteiger partial charge on any atom is 0.331 e. The monoisotopic (exact) mass is 285 g/mol. The number of nitrogens with one attached hydrogen (secondary N) is 1. The zero-order valence-electron chi connectivity index (χ0n) is 12.5. The fraction of sp³-hybridized carbons (Fsp3) is 0.643. The molecule has 0 rings (SSSR count). The third-order valence-corrected chi connectivity index (χ3v) is 2.52. The molecule has 0 aliphatic rings. The zero-order valence-corrected chi connectivity index (χ0v) is 12.5. The lowest BCUT2D eigenvalue weighted by atomic mass is 10.1. The SMILES string of the molecule is CCOC(=O)/C=C/C(=O)OC[C@H](NC(=O)CC)C(C)C. The number of hydrogen-bond donors (Lipinski definition) is 1. The molecular formula is C14H23NO5. The van der Waals surface area contributed by atoms with Crippen LogP contribution in [0, 0.1) is 5.92 Å². The molecule has 0 aromatic heterocycles. The molecule has 6 heteroatoms. The van der Waals surface area contributed by atoms with Gasteiger partial charge in [0.2, 0.25) is 5.91 Å². The first-order valence-electron chi connectivity index (χ1n) is 6.71. The Labute approximate surface area is 119 Å². The molecule has 1 N–H and O–H groups in total. The van der Waals surface area contributed by atoms with Crippen molar-refractivity contribution in [3.63, 3.8) is 0 Å². The molecule has 0 radical (unpaired) electrons. The topological polar surface area (TPSA) is 81.7 Å². The van der Waals surface area contributed by atoms with Crippen LogP contribution in [0.5, 0.6) is 0 Å². The number of amides is 1. The van der Waals surface area contributed by atoms with Crippen molar-refractivity contribution >= 4 is 17.8 Å². The molecule has 0 saturated carbocycles. The summed E-state index contributed by atoms with van der Waals surface area (Å²) < 4.78 is 9.62. The number of rotatable bonds is 8. The summed E-state index contributed by atoms with van der Waals surface area (Å²) in [4.78, 5) is 33.7. The summed E-state index contributed by atoms with van der Waals surface area (Å²) in [6, 6.07) is -0.248. The van der Waals surface area contributed by atoms with E-state index < -0.39 is 11.9 Å². The first kappa shape index (κ1) is 18.1. The Hall–Kier alpha value is -1.85. The highest BCUT2D eigenvalue weighted by atomic mass is 16.5. The second-order valence-corrected chi connectivity index (χ2v) is 4.49. The molecule has 114 valence electrons. The van der Waals surface area contributed by atoms with Gasteiger partial charge in [-0.3, -0.25) is 4.79 Å². The van der Waals surface area contributed by atoms with Crippen LogP contribution in [0.25, 0.3) is 0 Å². The van der Waals surface area contributed by atoms with E-state index in [4.69, 9.17) is 4.74 Å². The Balaban J connectivity index is 4.24. The van der Waals surface area contributed by atoms with Gasteiger partial charge in [-0.25, -0.2) is 9.59 Å². The molecular weight excluding hydrogens is 262 g/mol. The second kappa shape index (κ2) is 10.00. The van der Waals surface area contributed by atoms with Gasteiger partial charge in [-0.15, -0.1) is 0 Å². The quantitative estimate of drug-likeness (QED) is 0.535. The van der Waals surface area contributed by atoms with Gasteiger partial charge in [-0.1, -0.05) is 20.8 Å². The molecule has 0 heterocycles. The largest absolute Gasteiger partial charge is 0.463 e. The molecule has 0 fully saturated rings. The van der Waals surface area contributed by atoms with Crippen LogP contribution in [0.4, 0.5) is 0 Å². The van der Waals surface area contributed by atoms with E-state index in [1.807, 2.05) is 13.8 Å². The molecule has 6 nitrogen and oxygen atoms in total. The minimum Gasteiger partial charge on any atom is -0.463 e. The van der Waals surface area contributed by atoms with Crippen molar-refractivity contribution in [3.05, 3.63) is 12.2 Å². The summed E-state index contributed by atoms with van der Waals surface area (Å²) in [7, 11) is 0. The summed E-state index contributed by atoms with van der Waals surface area (Å²) >= 11 is 0. The highest BCUT2D eigenvalue weighted by Gasteiger charge is 2.17. The van der Waals surface area contributed by atoms with Crippen LogP contribution in [0.3, 0.4) is 0 Å². The van der Waals surface area contributed by atoms with Crippen molar-refractivity contribution in [2.75, 3.05) is 13.2 Å². The zero-order chi connectivity index (χ0) is 15.5. The average Bonchev–Trinajstić information content (AvgIpc) is 2.40. The van der Waals surface area contributed by atoms with E-state index >= 15 is 0 Å². The first-order chi connectivity index (χ1) is 9.40. The molecule has 1 atom stereocenters. The Bertz CT molecular complexity index is 363. The molecule has 0 bridgehead atoms. The summed E-state index contributed by atoms with van der Waals surface area (Å²) in [5, 5.41) is 2.77. The maximum atomic E-state index is 11.4. The molecule has 20 heavy (non-hydrogen) atoms. The summed E-state index contributed by atoms with van der Waals surface area (Å²) in [5.41, 5.74) is 0. The van der Waals surface area contributed by atoms with Gasteiger partial charge in [0, 0.05) is 18.6 Å². The van der Waals surface area contributed by atoms with Gasteiger partial charge in [-0.05, 0) is 12.8 Å². The van der Waals surface area contributed by atoms with E-state index in [0.29, 0.717) is 6.42 Å². The molecule has 0 aromatic carbocycles. The van der Waals surface area contributed by atoms with E-state index in [9.17, 15) is 14.4 Å². The number of carbonyl (C=O) groups is 3. The minimum atomic E-state index is -0.644. The van der Waals surface area contributed by atoms with E-state index in [-0.39, 0.29) is 31.1 Å². The Morgan fingerprint density at radius 1 is 1.05 bits per heavy atom. The van der Waals surface area contributed by atoms with Crippen LogP contribution in [-0.2, 0) is 23.9 Å². The number of carbonyl (C=O) groups excluding carboxylic acids is 3. The number of esters is 2. The van der Waals surface area contributed by atoms with Crippen LogP contribution in [0.2, 0.25) is 0 Å². The van der Waals surface area contributed by atoms with Crippen LogP contribution < -0.4 is 5.32 Å². The van der Waals surface area contributed by atoms with Crippen molar-refractivity contribution in [2.24, 2.45) is 5.92 Å². The van der Waals surface area contributed by atoms with E-state index in [1.54, 1.807) is 13.8 Å². The molecule has 0 saturated heterocycles. The standard InChI is InChI=1S/C14H23NO5/c1-5-12(16)15-11(10(3)4)9-20-14(18)8-7-13(17)19-6-2/h7-8,10-11H,5-6,9H2,1-4H3,(H,15,16)/b8-7+/t11-/m0/s1. The van der Waals surface area contributed by atoms with Crippen LogP contribution in [0.15, 0.2) is 12.2 Å². The molecule has 0 spiro atoms. The predicted octanol–water partition coefficient (Wildman–Crippen LogP) is 1.20. The molecule has 0 aromatic rings. The van der Waals surface area contributed by atoms with Crippen molar-refractivity contribution < 1.29 is 23.9 Å². The van der Waals surface area contributed by atoms with Crippen LogP contribution in [-0.4, -0.2) is 37.1 Å². The highest BCUT2D eigenvalue weighted by Crippen LogP contribution is 2.03. The smallest absolute Gasteiger partial charge is 0.331 e. The number of ether oxygens (including phenoxy) is 2. The molecule has 0 aliphatic carbocycles. The van der Waals surface area contributed by atoms with E-state index in [2.05, 4.69) is 10.1 Å². The summed E-state index contributed by atoms with van der Waals surface area (Å²) in [6.45, 7) is 7.58. The molecule has 0 aliphatic heterocycles. The predicted molar refractivity (Wildman–Crippen MR) is 73.8 cm³/mol. The third-order valence-electron chi connectivity index (χ3n) is 2.52. The second-order valence-electron chi connectivity index (χ2n) is 4.49. The van der Waals surface area contributed by atoms with Gasteiger partial charge in [0.1, 0.15) is 6.61 Å². The van der Waals surface area contributed by atoms with Gasteiger partial charge >= 0.3 is 11.9 Å². The lowest BCUT2D eigenvalue weighted by Gasteiger charge is -2.21. The van der Waals surface area contributed by atoms with Gasteiger partial charge in [0.15, 0.2) is 0 Å². The summed E-state index contributed by atoms with van der Waals surface area (Å²) in [6.07, 6.45) is 2.40. The lowest BCUT2D eigenvalue weighted by Crippen LogP contribution is -2.42. The van der Waals surface area contributed by atoms with E-state index in [0.717, 1.165) is 12.2 Å². The van der Waals surface area contributed by atoms with Gasteiger partial charge in [0.25, 0.3) is 0 Å². The van der Waals surface area contributed by atoms with Crippen LogP contribution in [0.1, 0.15) is 34.1 Å². The van der Waals surface area contributed by atoms with Gasteiger partial charge in [-0.2, -0.15) is 0 Å². The van der Waals surface area contributed by atoms with Crippen molar-refractivity contribution in [1.29, 1.82) is 0 Å². The normalized spacial score (nSPS) is 12.2. The number of hydrogen-bond acceptors (Lipinski definition) is 5. The first-order valence-corrected chi connectivity index (χ1v) is 6.71. The van der Waals surface area contributed by atoms with Crippen LogP contribution >= 0.6 is 0 Å². The average molecular weight is 285 g/mol. The van der Waals surface area contributed by atoms with Gasteiger partial charge < -0.3 is 14.8 Å². The van der Waals surface area contributed by atoms with E-state index in [1.165, 1.54) is 0 Å². The van der Waals surface area contributed by atoms with Gasteiger partial charge in [0.05, 0.1) is 12.6 Å². The Morgan fingerprint density at radius 2 is 1.60 bits per heavy atom.